The standard InChI is InChI=1S/C25H23N7O3/c1-4-14-31-18-13-9-8-12-17(18)19(23(31)34)28-29-24-26-21-20(22(33)27-25(35)30(21)3)32(24)15(2)16-10-6-5-7-11-16/h4-13,15,34H,1,14H2,2-3H3,(H,27,33,35). The molecule has 0 saturated heterocycles. The van der Waals surface area contributed by atoms with E-state index in [2.05, 4.69) is 26.8 Å². The quantitative estimate of drug-likeness (QED) is 0.284. The topological polar surface area (TPSA) is 123 Å². The lowest BCUT2D eigenvalue weighted by Gasteiger charge is -2.15. The van der Waals surface area contributed by atoms with Gasteiger partial charge in [0.05, 0.1) is 11.6 Å². The Hall–Kier alpha value is -4.73. The van der Waals surface area contributed by atoms with E-state index in [0.717, 1.165) is 11.1 Å². The Balaban J connectivity index is 1.75. The van der Waals surface area contributed by atoms with Crippen LogP contribution in [0.25, 0.3) is 22.1 Å². The van der Waals surface area contributed by atoms with Crippen LogP contribution in [-0.4, -0.2) is 28.8 Å². The Morgan fingerprint density at radius 2 is 1.83 bits per heavy atom. The zero-order valence-corrected chi connectivity index (χ0v) is 19.2. The predicted octanol–water partition coefficient (Wildman–Crippen LogP) is 4.29. The zero-order valence-electron chi connectivity index (χ0n) is 19.2. The molecule has 0 bridgehead atoms. The Morgan fingerprint density at radius 1 is 1.11 bits per heavy atom. The molecule has 0 spiro atoms. The molecule has 1 unspecified atom stereocenters. The van der Waals surface area contributed by atoms with Gasteiger partial charge in [0, 0.05) is 19.0 Å². The Morgan fingerprint density at radius 3 is 2.57 bits per heavy atom. The van der Waals surface area contributed by atoms with E-state index in [1.807, 2.05) is 61.5 Å². The highest BCUT2D eigenvalue weighted by Crippen LogP contribution is 2.39. The molecular formula is C25H23N7O3. The predicted molar refractivity (Wildman–Crippen MR) is 134 cm³/mol. The zero-order chi connectivity index (χ0) is 24.7. The minimum Gasteiger partial charge on any atom is -0.493 e. The molecule has 2 aromatic carbocycles. The van der Waals surface area contributed by atoms with Crippen molar-refractivity contribution >= 4 is 33.7 Å². The number of azo groups is 1. The highest BCUT2D eigenvalue weighted by atomic mass is 16.3. The minimum atomic E-state index is -0.576. The van der Waals surface area contributed by atoms with Crippen molar-refractivity contribution in [2.45, 2.75) is 19.5 Å². The molecule has 0 saturated carbocycles. The van der Waals surface area contributed by atoms with Crippen molar-refractivity contribution in [1.82, 2.24) is 23.7 Å². The van der Waals surface area contributed by atoms with Gasteiger partial charge in [-0.05, 0) is 18.6 Å². The molecule has 10 nitrogen and oxygen atoms in total. The molecule has 3 heterocycles. The smallest absolute Gasteiger partial charge is 0.329 e. The molecule has 0 aliphatic carbocycles. The van der Waals surface area contributed by atoms with Gasteiger partial charge in [-0.25, -0.2) is 4.79 Å². The van der Waals surface area contributed by atoms with Gasteiger partial charge in [0.2, 0.25) is 5.88 Å². The molecule has 3 aromatic heterocycles. The molecule has 0 aliphatic rings. The highest BCUT2D eigenvalue weighted by Gasteiger charge is 2.23. The fraction of sp³-hybridized carbons (Fsp3) is 0.160. The number of allylic oxidation sites excluding steroid dienone is 1. The third-order valence-corrected chi connectivity index (χ3v) is 6.07. The summed E-state index contributed by atoms with van der Waals surface area (Å²) in [4.78, 5) is 31.9. The summed E-state index contributed by atoms with van der Waals surface area (Å²) in [6.07, 6.45) is 1.68. The van der Waals surface area contributed by atoms with Crippen molar-refractivity contribution in [2.24, 2.45) is 17.3 Å². The second-order valence-electron chi connectivity index (χ2n) is 8.15. The average molecular weight is 470 g/mol. The third-order valence-electron chi connectivity index (χ3n) is 6.07. The molecule has 5 aromatic rings. The van der Waals surface area contributed by atoms with Gasteiger partial charge in [-0.15, -0.1) is 16.8 Å². The van der Waals surface area contributed by atoms with Crippen molar-refractivity contribution in [2.75, 3.05) is 0 Å². The van der Waals surface area contributed by atoms with Crippen molar-refractivity contribution in [3.63, 3.8) is 0 Å². The summed E-state index contributed by atoms with van der Waals surface area (Å²) >= 11 is 0. The molecule has 176 valence electrons. The van der Waals surface area contributed by atoms with Crippen LogP contribution in [0.1, 0.15) is 18.5 Å². The molecule has 0 aliphatic heterocycles. The van der Waals surface area contributed by atoms with Crippen LogP contribution in [0, 0.1) is 0 Å². The van der Waals surface area contributed by atoms with E-state index < -0.39 is 11.2 Å². The average Bonchev–Trinajstić information content (AvgIpc) is 3.38. The van der Waals surface area contributed by atoms with E-state index in [-0.39, 0.29) is 34.7 Å². The molecule has 5 rings (SSSR count). The number of hydrogen-bond acceptors (Lipinski definition) is 6. The van der Waals surface area contributed by atoms with Crippen LogP contribution in [0.2, 0.25) is 0 Å². The molecule has 0 radical (unpaired) electrons. The van der Waals surface area contributed by atoms with Crippen LogP contribution in [0.15, 0.2) is 87.1 Å². The highest BCUT2D eigenvalue weighted by molar-refractivity contribution is 5.95. The summed E-state index contributed by atoms with van der Waals surface area (Å²) in [7, 11) is 1.53. The van der Waals surface area contributed by atoms with Crippen LogP contribution in [0.4, 0.5) is 11.6 Å². The van der Waals surface area contributed by atoms with E-state index in [0.29, 0.717) is 11.9 Å². The maximum Gasteiger partial charge on any atom is 0.329 e. The van der Waals surface area contributed by atoms with E-state index in [4.69, 9.17) is 0 Å². The molecular weight excluding hydrogens is 446 g/mol. The summed E-state index contributed by atoms with van der Waals surface area (Å²) in [6, 6.07) is 16.7. The van der Waals surface area contributed by atoms with Crippen molar-refractivity contribution in [1.29, 1.82) is 0 Å². The molecule has 10 heteroatoms. The lowest BCUT2D eigenvalue weighted by atomic mass is 10.1. The summed E-state index contributed by atoms with van der Waals surface area (Å²) in [5.41, 5.74) is 1.23. The first kappa shape index (κ1) is 22.1. The molecule has 35 heavy (non-hydrogen) atoms. The number of nitrogens with zero attached hydrogens (tertiary/aromatic N) is 6. The third kappa shape index (κ3) is 3.55. The van der Waals surface area contributed by atoms with Crippen molar-refractivity contribution < 1.29 is 5.11 Å². The number of benzene rings is 2. The fourth-order valence-electron chi connectivity index (χ4n) is 4.29. The Kier molecular flexibility index (Phi) is 5.40. The van der Waals surface area contributed by atoms with Gasteiger partial charge in [-0.1, -0.05) is 54.6 Å². The van der Waals surface area contributed by atoms with Gasteiger partial charge >= 0.3 is 5.69 Å². The number of hydrogen-bond donors (Lipinski definition) is 2. The van der Waals surface area contributed by atoms with Crippen LogP contribution in [-0.2, 0) is 13.6 Å². The summed E-state index contributed by atoms with van der Waals surface area (Å²) in [6.45, 7) is 6.06. The number of rotatable bonds is 6. The van der Waals surface area contributed by atoms with Crippen LogP contribution in [0.5, 0.6) is 5.88 Å². The first-order chi connectivity index (χ1) is 16.9. The second-order valence-corrected chi connectivity index (χ2v) is 8.15. The van der Waals surface area contributed by atoms with Crippen LogP contribution >= 0.6 is 0 Å². The maximum absolute atomic E-state index is 12.8. The number of aromatic amines is 1. The van der Waals surface area contributed by atoms with Gasteiger partial charge in [0.1, 0.15) is 0 Å². The first-order valence-corrected chi connectivity index (χ1v) is 11.0. The Labute approximate surface area is 199 Å². The summed E-state index contributed by atoms with van der Waals surface area (Å²) < 4.78 is 4.59. The van der Waals surface area contributed by atoms with E-state index >= 15 is 0 Å². The first-order valence-electron chi connectivity index (χ1n) is 11.0. The number of imidazole rings is 1. The van der Waals surface area contributed by atoms with E-state index in [1.54, 1.807) is 15.2 Å². The number of aromatic hydroxyl groups is 1. The lowest BCUT2D eigenvalue weighted by molar-refractivity contribution is 0.431. The van der Waals surface area contributed by atoms with Gasteiger partial charge in [-0.3, -0.25) is 18.9 Å². The van der Waals surface area contributed by atoms with Gasteiger partial charge in [0.25, 0.3) is 11.5 Å². The largest absolute Gasteiger partial charge is 0.493 e. The maximum atomic E-state index is 12.8. The van der Waals surface area contributed by atoms with Crippen LogP contribution in [0.3, 0.4) is 0 Å². The number of para-hydroxylation sites is 1. The number of nitrogens with one attached hydrogen (secondary N) is 1. The normalized spacial score (nSPS) is 12.6. The van der Waals surface area contributed by atoms with Gasteiger partial charge in [0.15, 0.2) is 16.9 Å². The lowest BCUT2D eigenvalue weighted by Crippen LogP contribution is -2.29. The van der Waals surface area contributed by atoms with Crippen LogP contribution < -0.4 is 11.2 Å². The summed E-state index contributed by atoms with van der Waals surface area (Å²) in [5.74, 6) is 0.0712. The number of aromatic nitrogens is 5. The van der Waals surface area contributed by atoms with Crippen molar-refractivity contribution in [3.05, 3.63) is 93.7 Å². The molecule has 0 amide bonds. The number of aryl methyl sites for hydroxylation is 1. The minimum absolute atomic E-state index is 0.0566. The van der Waals surface area contributed by atoms with E-state index in [1.165, 1.54) is 11.6 Å². The monoisotopic (exact) mass is 469 g/mol. The van der Waals surface area contributed by atoms with E-state index in [9.17, 15) is 14.7 Å². The van der Waals surface area contributed by atoms with Crippen molar-refractivity contribution in [3.8, 4) is 5.88 Å². The SMILES string of the molecule is C=CCn1c(O)c(N=Nc2nc3c(c(=O)[nH]c(=O)n3C)n2C(C)c2ccccc2)c2ccccc21. The van der Waals surface area contributed by atoms with Gasteiger partial charge in [-0.2, -0.15) is 4.98 Å². The van der Waals surface area contributed by atoms with Gasteiger partial charge < -0.3 is 9.67 Å². The molecule has 1 atom stereocenters. The molecule has 2 N–H and O–H groups in total. The number of fused-ring (bicyclic) bond motifs is 2. The number of H-pyrrole nitrogens is 1. The molecule has 0 fully saturated rings. The summed E-state index contributed by atoms with van der Waals surface area (Å²) in [5, 5.41) is 20.3. The Bertz CT molecular complexity index is 1720. The fourth-order valence-corrected chi connectivity index (χ4v) is 4.29. The second kappa shape index (κ2) is 8.56.